The monoisotopic (exact) mass is 304 g/mol. The van der Waals surface area contributed by atoms with Crippen molar-refractivity contribution in [2.24, 2.45) is 0 Å². The van der Waals surface area contributed by atoms with Crippen LogP contribution in [0.15, 0.2) is 42.5 Å². The van der Waals surface area contributed by atoms with Crippen LogP contribution >= 0.6 is 11.6 Å². The summed E-state index contributed by atoms with van der Waals surface area (Å²) < 4.78 is 19.1. The van der Waals surface area contributed by atoms with E-state index in [1.54, 1.807) is 36.4 Å². The summed E-state index contributed by atoms with van der Waals surface area (Å²) in [6.07, 6.45) is 0.714. The van der Waals surface area contributed by atoms with Crippen molar-refractivity contribution in [3.05, 3.63) is 58.9 Å². The van der Waals surface area contributed by atoms with Gasteiger partial charge >= 0.3 is 0 Å². The molecule has 0 aliphatic carbocycles. The molecule has 0 saturated heterocycles. The Morgan fingerprint density at radius 2 is 1.95 bits per heavy atom. The third-order valence-corrected chi connectivity index (χ3v) is 3.13. The van der Waals surface area contributed by atoms with Crippen LogP contribution in [0.3, 0.4) is 0 Å². The molecule has 21 heavy (non-hydrogen) atoms. The molecule has 0 atom stereocenters. The van der Waals surface area contributed by atoms with E-state index in [2.05, 4.69) is 5.32 Å². The Labute approximate surface area is 127 Å². The van der Waals surface area contributed by atoms with Crippen LogP contribution in [0.1, 0.15) is 12.0 Å². The first-order valence-corrected chi connectivity index (χ1v) is 6.89. The van der Waals surface area contributed by atoms with Crippen molar-refractivity contribution >= 4 is 17.3 Å². The van der Waals surface area contributed by atoms with E-state index in [9.17, 15) is 4.39 Å². The molecule has 2 rings (SSSR count). The molecule has 0 amide bonds. The number of hydrogen-bond donors (Lipinski definition) is 1. The zero-order chi connectivity index (χ0) is 15.1. The van der Waals surface area contributed by atoms with Crippen molar-refractivity contribution in [1.82, 2.24) is 0 Å². The Bertz CT molecular complexity index is 638. The Hall–Kier alpha value is -2.25. The topological polar surface area (TPSA) is 45.0 Å². The van der Waals surface area contributed by atoms with Crippen LogP contribution < -0.4 is 10.1 Å². The SMILES string of the molecule is N#Cc1ccc(OCCCNc2cccc(Cl)c2F)cc1. The van der Waals surface area contributed by atoms with Crippen LogP contribution in [0.2, 0.25) is 5.02 Å². The Kier molecular flexibility index (Phi) is 5.42. The van der Waals surface area contributed by atoms with Crippen molar-refractivity contribution < 1.29 is 9.13 Å². The summed E-state index contributed by atoms with van der Waals surface area (Å²) in [7, 11) is 0. The number of nitrogens with zero attached hydrogens (tertiary/aromatic N) is 1. The molecule has 0 saturated carbocycles. The number of rotatable bonds is 6. The van der Waals surface area contributed by atoms with Crippen LogP contribution in [0, 0.1) is 17.1 Å². The normalized spacial score (nSPS) is 9.95. The van der Waals surface area contributed by atoms with Crippen LogP contribution in [0.5, 0.6) is 5.75 Å². The van der Waals surface area contributed by atoms with Crippen LogP contribution in [0.4, 0.5) is 10.1 Å². The molecule has 0 aromatic heterocycles. The molecule has 3 nitrogen and oxygen atoms in total. The minimum atomic E-state index is -0.438. The van der Waals surface area contributed by atoms with E-state index >= 15 is 0 Å². The lowest BCUT2D eigenvalue weighted by molar-refractivity contribution is 0.315. The van der Waals surface area contributed by atoms with Crippen molar-refractivity contribution in [3.8, 4) is 11.8 Å². The second kappa shape index (κ2) is 7.51. The number of benzene rings is 2. The number of anilines is 1. The number of hydrogen-bond acceptors (Lipinski definition) is 3. The fourth-order valence-electron chi connectivity index (χ4n) is 1.75. The van der Waals surface area contributed by atoms with Gasteiger partial charge in [0.15, 0.2) is 5.82 Å². The molecule has 0 heterocycles. The number of ether oxygens (including phenoxy) is 1. The molecule has 0 aliphatic heterocycles. The van der Waals surface area contributed by atoms with E-state index in [1.165, 1.54) is 6.07 Å². The van der Waals surface area contributed by atoms with Gasteiger partial charge in [-0.2, -0.15) is 5.26 Å². The first-order valence-electron chi connectivity index (χ1n) is 6.51. The summed E-state index contributed by atoms with van der Waals surface area (Å²) in [4.78, 5) is 0. The number of halogens is 2. The lowest BCUT2D eigenvalue weighted by Crippen LogP contribution is -2.08. The van der Waals surface area contributed by atoms with E-state index in [0.29, 0.717) is 36.6 Å². The molecule has 2 aromatic rings. The summed E-state index contributed by atoms with van der Waals surface area (Å²) >= 11 is 5.70. The van der Waals surface area contributed by atoms with E-state index in [1.807, 2.05) is 6.07 Å². The maximum absolute atomic E-state index is 13.6. The minimum absolute atomic E-state index is 0.105. The van der Waals surface area contributed by atoms with Gasteiger partial charge in [0, 0.05) is 6.54 Å². The Balaban J connectivity index is 1.72. The van der Waals surface area contributed by atoms with E-state index in [4.69, 9.17) is 21.6 Å². The molecule has 0 aliphatic rings. The molecule has 108 valence electrons. The second-order valence-corrected chi connectivity index (χ2v) is 4.77. The van der Waals surface area contributed by atoms with Crippen molar-refractivity contribution in [2.45, 2.75) is 6.42 Å². The highest BCUT2D eigenvalue weighted by atomic mass is 35.5. The van der Waals surface area contributed by atoms with Gasteiger partial charge in [-0.25, -0.2) is 4.39 Å². The van der Waals surface area contributed by atoms with E-state index in [0.717, 1.165) is 0 Å². The molecular formula is C16H14ClFN2O. The quantitative estimate of drug-likeness (QED) is 0.812. The van der Waals surface area contributed by atoms with Gasteiger partial charge in [0.1, 0.15) is 5.75 Å². The molecular weight excluding hydrogens is 291 g/mol. The number of nitriles is 1. The smallest absolute Gasteiger partial charge is 0.164 e. The molecule has 0 spiro atoms. The summed E-state index contributed by atoms with van der Waals surface area (Å²) in [6.45, 7) is 1.08. The summed E-state index contributed by atoms with van der Waals surface area (Å²) in [5.41, 5.74) is 0.987. The highest BCUT2D eigenvalue weighted by Crippen LogP contribution is 2.21. The molecule has 1 N–H and O–H groups in total. The fraction of sp³-hybridized carbons (Fsp3) is 0.188. The van der Waals surface area contributed by atoms with Gasteiger partial charge in [-0.15, -0.1) is 0 Å². The van der Waals surface area contributed by atoms with Crippen LogP contribution in [-0.2, 0) is 0 Å². The van der Waals surface area contributed by atoms with Gasteiger partial charge in [0.2, 0.25) is 0 Å². The highest BCUT2D eigenvalue weighted by Gasteiger charge is 2.04. The zero-order valence-corrected chi connectivity index (χ0v) is 12.0. The zero-order valence-electron chi connectivity index (χ0n) is 11.3. The maximum atomic E-state index is 13.6. The highest BCUT2D eigenvalue weighted by molar-refractivity contribution is 6.31. The van der Waals surface area contributed by atoms with E-state index < -0.39 is 5.82 Å². The first-order chi connectivity index (χ1) is 10.2. The van der Waals surface area contributed by atoms with Crippen molar-refractivity contribution in [3.63, 3.8) is 0 Å². The average molecular weight is 305 g/mol. The van der Waals surface area contributed by atoms with Gasteiger partial charge < -0.3 is 10.1 Å². The lowest BCUT2D eigenvalue weighted by atomic mass is 10.2. The Morgan fingerprint density at radius 1 is 1.19 bits per heavy atom. The van der Waals surface area contributed by atoms with Gasteiger partial charge in [0.05, 0.1) is 28.9 Å². The molecule has 0 bridgehead atoms. The lowest BCUT2D eigenvalue weighted by Gasteiger charge is -2.09. The summed E-state index contributed by atoms with van der Waals surface area (Å²) in [6, 6.07) is 13.8. The van der Waals surface area contributed by atoms with E-state index in [-0.39, 0.29) is 5.02 Å². The Morgan fingerprint density at radius 3 is 2.67 bits per heavy atom. The standard InChI is InChI=1S/C16H14ClFN2O/c17-14-3-1-4-15(16(14)18)20-9-2-10-21-13-7-5-12(11-19)6-8-13/h1,3-8,20H,2,9-10H2. The molecule has 0 radical (unpaired) electrons. The second-order valence-electron chi connectivity index (χ2n) is 4.37. The largest absolute Gasteiger partial charge is 0.494 e. The van der Waals surface area contributed by atoms with Crippen LogP contribution in [-0.4, -0.2) is 13.2 Å². The summed E-state index contributed by atoms with van der Waals surface area (Å²) in [5, 5.41) is 11.8. The predicted octanol–water partition coefficient (Wildman–Crippen LogP) is 4.23. The summed E-state index contributed by atoms with van der Waals surface area (Å²) in [5.74, 6) is 0.273. The van der Waals surface area contributed by atoms with Gasteiger partial charge in [0.25, 0.3) is 0 Å². The molecule has 0 fully saturated rings. The third kappa shape index (κ3) is 4.37. The molecule has 5 heteroatoms. The van der Waals surface area contributed by atoms with Crippen LogP contribution in [0.25, 0.3) is 0 Å². The fourth-order valence-corrected chi connectivity index (χ4v) is 1.93. The minimum Gasteiger partial charge on any atom is -0.494 e. The van der Waals surface area contributed by atoms with Crippen molar-refractivity contribution in [2.75, 3.05) is 18.5 Å². The third-order valence-electron chi connectivity index (χ3n) is 2.84. The van der Waals surface area contributed by atoms with Gasteiger partial charge in [-0.05, 0) is 42.8 Å². The predicted molar refractivity (Wildman–Crippen MR) is 81.2 cm³/mol. The number of nitrogens with one attached hydrogen (secondary N) is 1. The average Bonchev–Trinajstić information content (AvgIpc) is 2.51. The van der Waals surface area contributed by atoms with Crippen molar-refractivity contribution in [1.29, 1.82) is 5.26 Å². The van der Waals surface area contributed by atoms with Gasteiger partial charge in [-0.1, -0.05) is 17.7 Å². The molecule has 2 aromatic carbocycles. The molecule has 0 unspecified atom stereocenters. The van der Waals surface area contributed by atoms with Gasteiger partial charge in [-0.3, -0.25) is 0 Å². The maximum Gasteiger partial charge on any atom is 0.164 e. The first kappa shape index (κ1) is 15.1.